The van der Waals surface area contributed by atoms with Crippen LogP contribution in [-0.2, 0) is 4.79 Å². The van der Waals surface area contributed by atoms with Gasteiger partial charge in [-0.15, -0.1) is 0 Å². The summed E-state index contributed by atoms with van der Waals surface area (Å²) < 4.78 is 49.8. The van der Waals surface area contributed by atoms with Crippen LogP contribution >= 0.6 is 0 Å². The van der Waals surface area contributed by atoms with Gasteiger partial charge in [-0.1, -0.05) is 6.07 Å². The Hall–Kier alpha value is -2.36. The third kappa shape index (κ3) is 4.88. The number of rotatable bonds is 5. The fourth-order valence-electron chi connectivity index (χ4n) is 1.35. The molecule has 1 aromatic rings. The Morgan fingerprint density at radius 3 is 2.18 bits per heavy atom. The molecular formula is C12H14F4N4O2. The Morgan fingerprint density at radius 1 is 1.14 bits per heavy atom. The number of benzene rings is 1. The van der Waals surface area contributed by atoms with Crippen molar-refractivity contribution in [2.75, 3.05) is 24.7 Å². The number of anilines is 2. The summed E-state index contributed by atoms with van der Waals surface area (Å²) in [6.45, 7) is 0. The Labute approximate surface area is 123 Å². The number of nitrogens with zero attached hydrogens (tertiary/aromatic N) is 1. The molecule has 0 spiro atoms. The van der Waals surface area contributed by atoms with Crippen molar-refractivity contribution in [3.8, 4) is 0 Å². The van der Waals surface area contributed by atoms with Crippen molar-refractivity contribution >= 4 is 23.3 Å². The smallest absolute Gasteiger partial charge is 0.321 e. The van der Waals surface area contributed by atoms with Crippen LogP contribution in [-0.4, -0.2) is 43.4 Å². The number of carbonyl (C=O) groups is 2. The maximum atomic E-state index is 12.8. The summed E-state index contributed by atoms with van der Waals surface area (Å²) in [7, 11) is 3.14. The van der Waals surface area contributed by atoms with Crippen LogP contribution < -0.4 is 16.1 Å². The van der Waals surface area contributed by atoms with Gasteiger partial charge < -0.3 is 10.6 Å². The largest absolute Gasteiger partial charge is 0.383 e. The maximum Gasteiger partial charge on any atom is 0.383 e. The van der Waals surface area contributed by atoms with Gasteiger partial charge in [0.15, 0.2) is 0 Å². The van der Waals surface area contributed by atoms with E-state index in [1.807, 2.05) is 0 Å². The molecule has 0 aliphatic carbocycles. The summed E-state index contributed by atoms with van der Waals surface area (Å²) in [5.41, 5.74) is 2.39. The van der Waals surface area contributed by atoms with E-state index >= 15 is 0 Å². The quantitative estimate of drug-likeness (QED) is 0.574. The highest BCUT2D eigenvalue weighted by Gasteiger charge is 2.48. The number of amides is 3. The predicted molar refractivity (Wildman–Crippen MR) is 71.9 cm³/mol. The molecule has 0 heterocycles. The highest BCUT2D eigenvalue weighted by molar-refractivity contribution is 5.97. The van der Waals surface area contributed by atoms with Crippen molar-refractivity contribution in [1.82, 2.24) is 10.4 Å². The molecule has 0 saturated carbocycles. The van der Waals surface area contributed by atoms with Gasteiger partial charge in [0.05, 0.1) is 0 Å². The first kappa shape index (κ1) is 17.7. The van der Waals surface area contributed by atoms with Gasteiger partial charge in [-0.05, 0) is 18.2 Å². The summed E-state index contributed by atoms with van der Waals surface area (Å²) in [6.07, 6.45) is -4.11. The molecule has 0 unspecified atom stereocenters. The SMILES string of the molecule is CN(C)NC(=O)Nc1cccc(NC(=O)C(F)(F)C(F)F)c1. The third-order valence-corrected chi connectivity index (χ3v) is 2.28. The summed E-state index contributed by atoms with van der Waals surface area (Å²) in [6, 6.07) is 4.53. The van der Waals surface area contributed by atoms with Gasteiger partial charge in [0, 0.05) is 25.5 Å². The number of halogens is 4. The van der Waals surface area contributed by atoms with E-state index in [-0.39, 0.29) is 11.4 Å². The van der Waals surface area contributed by atoms with E-state index in [1.165, 1.54) is 23.2 Å². The van der Waals surface area contributed by atoms with Crippen molar-refractivity contribution in [3.63, 3.8) is 0 Å². The van der Waals surface area contributed by atoms with E-state index < -0.39 is 24.3 Å². The number of carbonyl (C=O) groups excluding carboxylic acids is 2. The minimum atomic E-state index is -4.80. The molecule has 1 aromatic carbocycles. The molecule has 0 bridgehead atoms. The van der Waals surface area contributed by atoms with Crippen LogP contribution in [0.3, 0.4) is 0 Å². The first-order chi connectivity index (χ1) is 10.1. The van der Waals surface area contributed by atoms with E-state index in [9.17, 15) is 27.2 Å². The number of urea groups is 1. The van der Waals surface area contributed by atoms with Crippen molar-refractivity contribution in [2.24, 2.45) is 0 Å². The van der Waals surface area contributed by atoms with Crippen molar-refractivity contribution in [3.05, 3.63) is 24.3 Å². The lowest BCUT2D eigenvalue weighted by molar-refractivity contribution is -0.163. The molecule has 0 aromatic heterocycles. The molecule has 10 heteroatoms. The van der Waals surface area contributed by atoms with E-state index in [2.05, 4.69) is 10.7 Å². The lowest BCUT2D eigenvalue weighted by Crippen LogP contribution is -2.41. The molecule has 6 nitrogen and oxygen atoms in total. The van der Waals surface area contributed by atoms with Crippen molar-refractivity contribution in [1.29, 1.82) is 0 Å². The topological polar surface area (TPSA) is 73.5 Å². The molecule has 3 amide bonds. The van der Waals surface area contributed by atoms with Crippen LogP contribution in [0.1, 0.15) is 0 Å². The average Bonchev–Trinajstić information content (AvgIpc) is 2.37. The molecule has 0 atom stereocenters. The molecule has 0 saturated heterocycles. The number of hydrogen-bond acceptors (Lipinski definition) is 3. The normalized spacial score (nSPS) is 11.5. The molecule has 0 aliphatic heterocycles. The van der Waals surface area contributed by atoms with Gasteiger partial charge in [0.1, 0.15) is 0 Å². The Morgan fingerprint density at radius 2 is 1.68 bits per heavy atom. The fraction of sp³-hybridized carbons (Fsp3) is 0.333. The Kier molecular flexibility index (Phi) is 5.69. The monoisotopic (exact) mass is 322 g/mol. The summed E-state index contributed by atoms with van der Waals surface area (Å²) in [5, 5.41) is 5.40. The van der Waals surface area contributed by atoms with Crippen molar-refractivity contribution in [2.45, 2.75) is 12.3 Å². The highest BCUT2D eigenvalue weighted by atomic mass is 19.3. The molecule has 122 valence electrons. The second-order valence-electron chi connectivity index (χ2n) is 4.42. The second-order valence-corrected chi connectivity index (χ2v) is 4.42. The minimum absolute atomic E-state index is 0.159. The minimum Gasteiger partial charge on any atom is -0.321 e. The maximum absolute atomic E-state index is 12.8. The number of alkyl halides is 4. The fourth-order valence-corrected chi connectivity index (χ4v) is 1.35. The van der Waals surface area contributed by atoms with Crippen LogP contribution in [0.25, 0.3) is 0 Å². The van der Waals surface area contributed by atoms with Gasteiger partial charge in [-0.2, -0.15) is 8.78 Å². The third-order valence-electron chi connectivity index (χ3n) is 2.28. The molecule has 0 aliphatic rings. The predicted octanol–water partition coefficient (Wildman–Crippen LogP) is 2.12. The zero-order chi connectivity index (χ0) is 16.9. The van der Waals surface area contributed by atoms with Gasteiger partial charge in [0.2, 0.25) is 0 Å². The van der Waals surface area contributed by atoms with Gasteiger partial charge in [0.25, 0.3) is 0 Å². The molecule has 22 heavy (non-hydrogen) atoms. The second kappa shape index (κ2) is 7.07. The zero-order valence-corrected chi connectivity index (χ0v) is 11.7. The number of hydrogen-bond donors (Lipinski definition) is 3. The molecule has 0 fully saturated rings. The molecule has 0 radical (unpaired) electrons. The zero-order valence-electron chi connectivity index (χ0n) is 11.7. The van der Waals surface area contributed by atoms with Crippen LogP contribution in [0.4, 0.5) is 33.7 Å². The van der Waals surface area contributed by atoms with Crippen LogP contribution in [0.5, 0.6) is 0 Å². The number of nitrogens with one attached hydrogen (secondary N) is 3. The summed E-state index contributed by atoms with van der Waals surface area (Å²) >= 11 is 0. The van der Waals surface area contributed by atoms with E-state index in [4.69, 9.17) is 0 Å². The summed E-state index contributed by atoms with van der Waals surface area (Å²) in [5.74, 6) is -6.93. The molecular weight excluding hydrogens is 308 g/mol. The lowest BCUT2D eigenvalue weighted by Gasteiger charge is -2.16. The Bertz CT molecular complexity index is 552. The van der Waals surface area contributed by atoms with E-state index in [0.717, 1.165) is 6.07 Å². The van der Waals surface area contributed by atoms with E-state index in [1.54, 1.807) is 19.4 Å². The van der Waals surface area contributed by atoms with Crippen LogP contribution in [0, 0.1) is 0 Å². The molecule has 1 rings (SSSR count). The Balaban J connectivity index is 2.76. The first-order valence-corrected chi connectivity index (χ1v) is 5.95. The average molecular weight is 322 g/mol. The van der Waals surface area contributed by atoms with E-state index in [0.29, 0.717) is 0 Å². The lowest BCUT2D eigenvalue weighted by atomic mass is 10.2. The first-order valence-electron chi connectivity index (χ1n) is 5.95. The highest BCUT2D eigenvalue weighted by Crippen LogP contribution is 2.25. The summed E-state index contributed by atoms with van der Waals surface area (Å²) in [4.78, 5) is 22.5. The van der Waals surface area contributed by atoms with Crippen molar-refractivity contribution < 1.29 is 27.2 Å². The van der Waals surface area contributed by atoms with Gasteiger partial charge in [-0.25, -0.2) is 18.6 Å². The van der Waals surface area contributed by atoms with Gasteiger partial charge in [-0.3, -0.25) is 10.2 Å². The van der Waals surface area contributed by atoms with Crippen LogP contribution in [0.2, 0.25) is 0 Å². The standard InChI is InChI=1S/C12H14F4N4O2/c1-20(2)19-11(22)18-8-5-3-4-7(6-8)17-10(21)12(15,16)9(13)14/h3-6,9H,1-2H3,(H,17,21)(H2,18,19,22). The number of hydrazine groups is 1. The van der Waals surface area contributed by atoms with Gasteiger partial charge >= 0.3 is 24.3 Å². The molecule has 3 N–H and O–H groups in total. The van der Waals surface area contributed by atoms with Crippen LogP contribution in [0.15, 0.2) is 24.3 Å².